The van der Waals surface area contributed by atoms with E-state index >= 15 is 0 Å². The third-order valence-electron chi connectivity index (χ3n) is 6.10. The number of methoxy groups -OCH3 is 2. The Morgan fingerprint density at radius 2 is 1.86 bits per heavy atom. The molecule has 11 heteroatoms. The van der Waals surface area contributed by atoms with Gasteiger partial charge in [-0.2, -0.15) is 5.10 Å². The van der Waals surface area contributed by atoms with Crippen molar-refractivity contribution in [2.75, 3.05) is 25.7 Å². The van der Waals surface area contributed by atoms with Crippen molar-refractivity contribution in [1.82, 2.24) is 14.7 Å². The van der Waals surface area contributed by atoms with E-state index in [1.165, 1.54) is 16.7 Å². The van der Waals surface area contributed by atoms with Crippen LogP contribution in [0.1, 0.15) is 12.0 Å². The third-order valence-corrected chi connectivity index (χ3v) is 9.18. The number of carbonyl (C=O) groups is 1. The summed E-state index contributed by atoms with van der Waals surface area (Å²) in [4.78, 5) is 15.2. The normalized spacial score (nSPS) is 20.3. The van der Waals surface area contributed by atoms with Gasteiger partial charge in [0, 0.05) is 17.3 Å². The third kappa shape index (κ3) is 4.65. The summed E-state index contributed by atoms with van der Waals surface area (Å²) in [7, 11) is -0.0131. The van der Waals surface area contributed by atoms with Crippen molar-refractivity contribution in [3.8, 4) is 28.4 Å². The number of sulfone groups is 1. The Hall–Kier alpha value is -3.15. The monoisotopic (exact) mass is 541 g/mol. The van der Waals surface area contributed by atoms with Crippen molar-refractivity contribution in [3.05, 3.63) is 65.2 Å². The molecule has 1 amide bonds. The Morgan fingerprint density at radius 3 is 2.53 bits per heavy atom. The molecule has 0 spiro atoms. The lowest BCUT2D eigenvalue weighted by molar-refractivity contribution is -0.123. The number of nitrogens with zero attached hydrogens (tertiary/aromatic N) is 3. The van der Waals surface area contributed by atoms with E-state index in [1.54, 1.807) is 31.0 Å². The van der Waals surface area contributed by atoms with Gasteiger partial charge in [0.2, 0.25) is 0 Å². The van der Waals surface area contributed by atoms with Gasteiger partial charge in [-0.25, -0.2) is 13.1 Å². The highest BCUT2D eigenvalue weighted by molar-refractivity contribution is 8.26. The molecule has 0 aliphatic carbocycles. The van der Waals surface area contributed by atoms with Gasteiger partial charge >= 0.3 is 0 Å². The molecule has 5 rings (SSSR count). The maximum atomic E-state index is 13.3. The highest BCUT2D eigenvalue weighted by Gasteiger charge is 2.42. The van der Waals surface area contributed by atoms with Gasteiger partial charge in [0.05, 0.1) is 42.4 Å². The second kappa shape index (κ2) is 9.72. The minimum Gasteiger partial charge on any atom is -0.493 e. The van der Waals surface area contributed by atoms with Gasteiger partial charge in [0.1, 0.15) is 10.0 Å². The second-order valence-electron chi connectivity index (χ2n) is 8.39. The first kappa shape index (κ1) is 24.5. The molecule has 186 valence electrons. The van der Waals surface area contributed by atoms with Crippen LogP contribution in [-0.2, 0) is 14.6 Å². The lowest BCUT2D eigenvalue weighted by atomic mass is 10.1. The van der Waals surface area contributed by atoms with Crippen molar-refractivity contribution in [3.63, 3.8) is 0 Å². The quantitative estimate of drug-likeness (QED) is 0.342. The Labute approximate surface area is 218 Å². The van der Waals surface area contributed by atoms with E-state index in [1.807, 2.05) is 48.7 Å². The Bertz CT molecular complexity index is 1480. The Balaban J connectivity index is 1.57. The number of hydrogen-bond donors (Lipinski definition) is 0. The molecule has 2 saturated heterocycles. The summed E-state index contributed by atoms with van der Waals surface area (Å²) in [5, 5.41) is 4.81. The number of thiocarbonyl (C=S) groups is 1. The molecule has 0 saturated carbocycles. The summed E-state index contributed by atoms with van der Waals surface area (Å²) >= 11 is 6.65. The number of rotatable bonds is 6. The number of amides is 1. The zero-order valence-electron chi connectivity index (χ0n) is 19.6. The molecule has 1 atom stereocenters. The van der Waals surface area contributed by atoms with E-state index in [0.29, 0.717) is 38.4 Å². The molecule has 2 fully saturated rings. The number of thioether (sulfide) groups is 1. The molecule has 0 N–H and O–H groups in total. The van der Waals surface area contributed by atoms with Crippen LogP contribution in [0.2, 0.25) is 0 Å². The highest BCUT2D eigenvalue weighted by atomic mass is 32.2. The van der Waals surface area contributed by atoms with Crippen LogP contribution in [0.3, 0.4) is 0 Å². The summed E-state index contributed by atoms with van der Waals surface area (Å²) in [6.07, 6.45) is 4.01. The van der Waals surface area contributed by atoms with Gasteiger partial charge in [0.25, 0.3) is 5.91 Å². The first-order valence-corrected chi connectivity index (χ1v) is 14.2. The fraction of sp³-hybridized carbons (Fsp3) is 0.240. The minimum atomic E-state index is -3.16. The van der Waals surface area contributed by atoms with Gasteiger partial charge in [-0.15, -0.1) is 0 Å². The van der Waals surface area contributed by atoms with Crippen molar-refractivity contribution < 1.29 is 22.7 Å². The SMILES string of the molecule is COc1ccc(-c2nn(-c3ccccc3)cc2C=C2SC(=S)N(C3CCS(=O)(=O)C3)C2=O)cc1OC. The molecule has 3 aromatic rings. The number of ether oxygens (including phenoxy) is 2. The van der Waals surface area contributed by atoms with Crippen LogP contribution in [0, 0.1) is 0 Å². The number of para-hydroxylation sites is 1. The highest BCUT2D eigenvalue weighted by Crippen LogP contribution is 2.39. The van der Waals surface area contributed by atoms with Crippen LogP contribution >= 0.6 is 24.0 Å². The summed E-state index contributed by atoms with van der Waals surface area (Å²) in [5.41, 5.74) is 3.01. The average molecular weight is 542 g/mol. The molecule has 1 aromatic heterocycles. The number of hydrogen-bond acceptors (Lipinski definition) is 8. The Morgan fingerprint density at radius 1 is 1.11 bits per heavy atom. The van der Waals surface area contributed by atoms with E-state index in [-0.39, 0.29) is 17.4 Å². The first-order valence-electron chi connectivity index (χ1n) is 11.1. The maximum absolute atomic E-state index is 13.3. The number of aromatic nitrogens is 2. The molecule has 2 aliphatic heterocycles. The van der Waals surface area contributed by atoms with Gasteiger partial charge in [-0.3, -0.25) is 9.69 Å². The molecule has 1 unspecified atom stereocenters. The molecule has 0 radical (unpaired) electrons. The maximum Gasteiger partial charge on any atom is 0.266 e. The minimum absolute atomic E-state index is 0.0600. The molecular weight excluding hydrogens is 518 g/mol. The fourth-order valence-corrected chi connectivity index (χ4v) is 7.42. The predicted octanol–water partition coefficient (Wildman–Crippen LogP) is 3.94. The van der Waals surface area contributed by atoms with Crippen LogP contribution in [0.15, 0.2) is 59.6 Å². The van der Waals surface area contributed by atoms with Crippen LogP contribution < -0.4 is 9.47 Å². The van der Waals surface area contributed by atoms with Crippen LogP contribution in [0.25, 0.3) is 23.0 Å². The topological polar surface area (TPSA) is 90.7 Å². The van der Waals surface area contributed by atoms with E-state index in [4.69, 9.17) is 26.8 Å². The van der Waals surface area contributed by atoms with Crippen LogP contribution in [0.4, 0.5) is 0 Å². The molecule has 0 bridgehead atoms. The zero-order chi connectivity index (χ0) is 25.4. The lowest BCUT2D eigenvalue weighted by Crippen LogP contribution is -2.39. The zero-order valence-corrected chi connectivity index (χ0v) is 22.0. The molecular formula is C25H23N3O5S3. The van der Waals surface area contributed by atoms with E-state index in [9.17, 15) is 13.2 Å². The van der Waals surface area contributed by atoms with Crippen molar-refractivity contribution in [1.29, 1.82) is 0 Å². The van der Waals surface area contributed by atoms with E-state index in [2.05, 4.69) is 0 Å². The molecule has 2 aromatic carbocycles. The van der Waals surface area contributed by atoms with Crippen molar-refractivity contribution in [2.45, 2.75) is 12.5 Å². The molecule has 3 heterocycles. The Kier molecular flexibility index (Phi) is 6.62. The summed E-state index contributed by atoms with van der Waals surface area (Å²) < 4.78 is 36.9. The van der Waals surface area contributed by atoms with Crippen molar-refractivity contribution >= 4 is 50.1 Å². The average Bonchev–Trinajstić information content (AvgIpc) is 3.54. The van der Waals surface area contributed by atoms with E-state index < -0.39 is 15.9 Å². The van der Waals surface area contributed by atoms with Crippen molar-refractivity contribution in [2.24, 2.45) is 0 Å². The van der Waals surface area contributed by atoms with Gasteiger partial charge in [0.15, 0.2) is 21.3 Å². The van der Waals surface area contributed by atoms with Gasteiger partial charge < -0.3 is 9.47 Å². The molecule has 8 nitrogen and oxygen atoms in total. The first-order chi connectivity index (χ1) is 17.3. The smallest absolute Gasteiger partial charge is 0.266 e. The molecule has 2 aliphatic rings. The van der Waals surface area contributed by atoms with Gasteiger partial charge in [-0.1, -0.05) is 42.2 Å². The summed E-state index contributed by atoms with van der Waals surface area (Å²) in [6, 6.07) is 14.8. The predicted molar refractivity (Wildman–Crippen MR) is 144 cm³/mol. The van der Waals surface area contributed by atoms with E-state index in [0.717, 1.165) is 11.3 Å². The van der Waals surface area contributed by atoms with Crippen LogP contribution in [0.5, 0.6) is 11.5 Å². The standard InChI is InChI=1S/C25H23N3O5S3/c1-32-20-9-8-16(12-21(20)33-2)23-17(14-27(26-23)18-6-4-3-5-7-18)13-22-24(29)28(25(34)35-22)19-10-11-36(30,31)15-19/h3-9,12-14,19H,10-11,15H2,1-2H3. The second-order valence-corrected chi connectivity index (χ2v) is 12.3. The number of benzene rings is 2. The van der Waals surface area contributed by atoms with Gasteiger partial charge in [-0.05, 0) is 42.8 Å². The fourth-order valence-electron chi connectivity index (χ4n) is 4.33. The lowest BCUT2D eigenvalue weighted by Gasteiger charge is -2.20. The summed E-state index contributed by atoms with van der Waals surface area (Å²) in [6.45, 7) is 0. The van der Waals surface area contributed by atoms with Crippen LogP contribution in [-0.4, -0.2) is 65.1 Å². The molecule has 36 heavy (non-hydrogen) atoms. The summed E-state index contributed by atoms with van der Waals surface area (Å²) in [5.74, 6) is 0.885. The largest absolute Gasteiger partial charge is 0.493 e. The number of carbonyl (C=O) groups excluding carboxylic acids is 1.